The number of anilines is 2. The maximum atomic E-state index is 13.5. The number of hydrogen-bond acceptors (Lipinski definition) is 7. The summed E-state index contributed by atoms with van der Waals surface area (Å²) < 4.78 is 14.9. The van der Waals surface area contributed by atoms with Gasteiger partial charge in [0.1, 0.15) is 12.2 Å². The maximum absolute atomic E-state index is 13.5. The van der Waals surface area contributed by atoms with Crippen molar-refractivity contribution in [2.45, 2.75) is 12.6 Å². The number of nitrogens with zero attached hydrogens (tertiary/aromatic N) is 6. The topological polar surface area (TPSA) is 140 Å². The SMILES string of the molecule is N#Cc1cc(-c2cnc(N)c(-n3cc(C(N)=O)cn3)n2)ccc1N1CC[C@H](F)C1. The molecule has 1 aliphatic rings. The van der Waals surface area contributed by atoms with Crippen LogP contribution in [0.2, 0.25) is 0 Å². The first-order chi connectivity index (χ1) is 14.0. The average Bonchev–Trinajstić information content (AvgIpc) is 3.37. The van der Waals surface area contributed by atoms with Gasteiger partial charge in [-0.1, -0.05) is 6.07 Å². The molecular formula is C19H17FN8O. The van der Waals surface area contributed by atoms with Gasteiger partial charge in [0.25, 0.3) is 5.91 Å². The molecule has 0 bridgehead atoms. The van der Waals surface area contributed by atoms with E-state index in [2.05, 4.69) is 21.1 Å². The van der Waals surface area contributed by atoms with Crippen molar-refractivity contribution >= 4 is 17.4 Å². The van der Waals surface area contributed by atoms with Gasteiger partial charge < -0.3 is 16.4 Å². The second kappa shape index (κ2) is 7.20. The van der Waals surface area contributed by atoms with Crippen molar-refractivity contribution in [1.29, 1.82) is 5.26 Å². The summed E-state index contributed by atoms with van der Waals surface area (Å²) in [5.41, 5.74) is 13.6. The lowest BCUT2D eigenvalue weighted by Crippen LogP contribution is -2.20. The number of amides is 1. The summed E-state index contributed by atoms with van der Waals surface area (Å²) in [6.07, 6.45) is 3.78. The number of nitrogens with two attached hydrogens (primary N) is 2. The number of hydrogen-bond donors (Lipinski definition) is 2. The maximum Gasteiger partial charge on any atom is 0.251 e. The van der Waals surface area contributed by atoms with Crippen LogP contribution in [0, 0.1) is 11.3 Å². The van der Waals surface area contributed by atoms with Crippen LogP contribution in [0.25, 0.3) is 17.1 Å². The van der Waals surface area contributed by atoms with E-state index >= 15 is 0 Å². The van der Waals surface area contributed by atoms with E-state index in [1.165, 1.54) is 23.3 Å². The lowest BCUT2D eigenvalue weighted by molar-refractivity contribution is 0.100. The summed E-state index contributed by atoms with van der Waals surface area (Å²) in [5, 5.41) is 13.6. The molecule has 29 heavy (non-hydrogen) atoms. The standard InChI is InChI=1S/C19H17FN8O/c20-14-3-4-27(10-14)16-2-1-11(5-12(16)6-21)15-8-24-17(22)19(26-15)28-9-13(7-25-28)18(23)29/h1-2,5,7-9,14H,3-4,10H2,(H2,22,24)(H2,23,29)/t14-/m0/s1. The van der Waals surface area contributed by atoms with Crippen molar-refractivity contribution in [3.05, 3.63) is 47.9 Å². The van der Waals surface area contributed by atoms with Crippen molar-refractivity contribution in [2.75, 3.05) is 23.7 Å². The molecule has 1 saturated heterocycles. The number of nitriles is 1. The molecule has 1 fully saturated rings. The van der Waals surface area contributed by atoms with Crippen LogP contribution in [0.3, 0.4) is 0 Å². The van der Waals surface area contributed by atoms with Gasteiger partial charge in [-0.05, 0) is 18.6 Å². The zero-order chi connectivity index (χ0) is 20.5. The van der Waals surface area contributed by atoms with Gasteiger partial charge in [0.2, 0.25) is 0 Å². The normalized spacial score (nSPS) is 16.0. The van der Waals surface area contributed by atoms with Crippen molar-refractivity contribution in [1.82, 2.24) is 19.7 Å². The van der Waals surface area contributed by atoms with Gasteiger partial charge in [-0.3, -0.25) is 4.79 Å². The molecule has 0 radical (unpaired) electrons. The first kappa shape index (κ1) is 18.4. The van der Waals surface area contributed by atoms with Gasteiger partial charge in [-0.25, -0.2) is 19.0 Å². The van der Waals surface area contributed by atoms with E-state index in [-0.39, 0.29) is 23.7 Å². The summed E-state index contributed by atoms with van der Waals surface area (Å²) in [5.74, 6) is -0.265. The second-order valence-corrected chi connectivity index (χ2v) is 6.68. The number of primary amides is 1. The van der Waals surface area contributed by atoms with Crippen molar-refractivity contribution < 1.29 is 9.18 Å². The summed E-state index contributed by atoms with van der Waals surface area (Å²) in [7, 11) is 0. The molecule has 1 amide bonds. The van der Waals surface area contributed by atoms with Crippen LogP contribution >= 0.6 is 0 Å². The number of alkyl halides is 1. The quantitative estimate of drug-likeness (QED) is 0.684. The fraction of sp³-hybridized carbons (Fsp3) is 0.211. The number of halogens is 1. The van der Waals surface area contributed by atoms with Crippen molar-refractivity contribution in [3.8, 4) is 23.1 Å². The Morgan fingerprint density at radius 3 is 2.83 bits per heavy atom. The number of carbonyl (C=O) groups is 1. The second-order valence-electron chi connectivity index (χ2n) is 6.68. The highest BCUT2D eigenvalue weighted by molar-refractivity contribution is 5.92. The van der Waals surface area contributed by atoms with Crippen LogP contribution in [0.4, 0.5) is 15.9 Å². The van der Waals surface area contributed by atoms with Gasteiger partial charge >= 0.3 is 0 Å². The Hall–Kier alpha value is -4.00. The molecule has 0 spiro atoms. The lowest BCUT2D eigenvalue weighted by Gasteiger charge is -2.19. The minimum Gasteiger partial charge on any atom is -0.381 e. The van der Waals surface area contributed by atoms with Crippen LogP contribution in [-0.2, 0) is 0 Å². The van der Waals surface area contributed by atoms with Crippen LogP contribution in [0.5, 0.6) is 0 Å². The van der Waals surface area contributed by atoms with E-state index in [0.717, 1.165) is 0 Å². The molecule has 9 nitrogen and oxygen atoms in total. The molecule has 1 atom stereocenters. The summed E-state index contributed by atoms with van der Waals surface area (Å²) in [4.78, 5) is 21.8. The molecule has 4 rings (SSSR count). The van der Waals surface area contributed by atoms with E-state index in [4.69, 9.17) is 11.5 Å². The summed E-state index contributed by atoms with van der Waals surface area (Å²) in [6, 6.07) is 7.42. The van der Waals surface area contributed by atoms with Crippen LogP contribution in [-0.4, -0.2) is 44.9 Å². The minimum atomic E-state index is -0.883. The van der Waals surface area contributed by atoms with Crippen LogP contribution in [0.15, 0.2) is 36.8 Å². The smallest absolute Gasteiger partial charge is 0.251 e. The van der Waals surface area contributed by atoms with Crippen LogP contribution in [0.1, 0.15) is 22.3 Å². The zero-order valence-electron chi connectivity index (χ0n) is 15.3. The van der Waals surface area contributed by atoms with E-state index in [1.807, 2.05) is 4.90 Å². The van der Waals surface area contributed by atoms with Crippen molar-refractivity contribution in [3.63, 3.8) is 0 Å². The molecule has 1 aromatic carbocycles. The molecule has 0 aliphatic carbocycles. The van der Waals surface area contributed by atoms with E-state index in [0.29, 0.717) is 35.5 Å². The highest BCUT2D eigenvalue weighted by atomic mass is 19.1. The Kier molecular flexibility index (Phi) is 4.56. The first-order valence-corrected chi connectivity index (χ1v) is 8.87. The molecule has 3 heterocycles. The van der Waals surface area contributed by atoms with E-state index in [1.54, 1.807) is 18.2 Å². The van der Waals surface area contributed by atoms with Crippen molar-refractivity contribution in [2.24, 2.45) is 5.73 Å². The largest absolute Gasteiger partial charge is 0.381 e. The molecule has 146 valence electrons. The van der Waals surface area contributed by atoms with E-state index < -0.39 is 12.1 Å². The molecule has 0 saturated carbocycles. The number of nitrogen functional groups attached to an aromatic ring is 1. The zero-order valence-corrected chi connectivity index (χ0v) is 15.3. The predicted octanol–water partition coefficient (Wildman–Crippen LogP) is 1.43. The molecule has 10 heteroatoms. The molecule has 3 aromatic rings. The Balaban J connectivity index is 1.71. The molecule has 2 aromatic heterocycles. The minimum absolute atomic E-state index is 0.121. The predicted molar refractivity (Wildman–Crippen MR) is 104 cm³/mol. The average molecular weight is 392 g/mol. The Labute approximate surface area is 165 Å². The third-order valence-electron chi connectivity index (χ3n) is 4.75. The first-order valence-electron chi connectivity index (χ1n) is 8.87. The summed E-state index contributed by atoms with van der Waals surface area (Å²) in [6.45, 7) is 0.851. The monoisotopic (exact) mass is 392 g/mol. The van der Waals surface area contributed by atoms with Crippen LogP contribution < -0.4 is 16.4 Å². The Bertz CT molecular complexity index is 1140. The Morgan fingerprint density at radius 2 is 2.17 bits per heavy atom. The van der Waals surface area contributed by atoms with Gasteiger partial charge in [0.05, 0.1) is 34.9 Å². The van der Waals surface area contributed by atoms with Gasteiger partial charge in [-0.2, -0.15) is 10.4 Å². The third-order valence-corrected chi connectivity index (χ3v) is 4.75. The Morgan fingerprint density at radius 1 is 1.34 bits per heavy atom. The molecule has 1 aliphatic heterocycles. The molecular weight excluding hydrogens is 375 g/mol. The molecule has 0 unspecified atom stereocenters. The highest BCUT2D eigenvalue weighted by Gasteiger charge is 2.24. The van der Waals surface area contributed by atoms with E-state index in [9.17, 15) is 14.4 Å². The number of rotatable bonds is 4. The lowest BCUT2D eigenvalue weighted by atomic mass is 10.1. The summed E-state index contributed by atoms with van der Waals surface area (Å²) >= 11 is 0. The third kappa shape index (κ3) is 3.45. The molecule has 4 N–H and O–H groups in total. The highest BCUT2D eigenvalue weighted by Crippen LogP contribution is 2.30. The number of benzene rings is 1. The number of carbonyl (C=O) groups excluding carboxylic acids is 1. The fourth-order valence-corrected chi connectivity index (χ4v) is 3.26. The van der Waals surface area contributed by atoms with Gasteiger partial charge in [-0.15, -0.1) is 0 Å². The number of aromatic nitrogens is 4. The van der Waals surface area contributed by atoms with Gasteiger partial charge in [0.15, 0.2) is 11.6 Å². The van der Waals surface area contributed by atoms with Gasteiger partial charge in [0, 0.05) is 24.8 Å². The fourth-order valence-electron chi connectivity index (χ4n) is 3.26.